The number of nitrogens with zero attached hydrogens (tertiary/aromatic N) is 1. The van der Waals surface area contributed by atoms with Gasteiger partial charge in [0.1, 0.15) is 0 Å². The van der Waals surface area contributed by atoms with Gasteiger partial charge in [-0.25, -0.2) is 0 Å². The summed E-state index contributed by atoms with van der Waals surface area (Å²) in [6, 6.07) is 4.55. The van der Waals surface area contributed by atoms with Crippen LogP contribution in [0.15, 0.2) is 24.3 Å². The molecule has 1 saturated heterocycles. The Bertz CT molecular complexity index is 514. The molecule has 6 heteroatoms. The maximum atomic E-state index is 12.7. The molecule has 2 rings (SSSR count). The number of benzene rings is 1. The third-order valence-corrected chi connectivity index (χ3v) is 3.93. The Kier molecular flexibility index (Phi) is 4.56. The number of carbonyl (C=O) groups excluding carboxylic acids is 1. The second kappa shape index (κ2) is 6.05. The molecule has 2 N–H and O–H groups in total. The molecule has 1 aliphatic heterocycles. The molecular formula is C15H19F3N2O. The van der Waals surface area contributed by atoms with Crippen molar-refractivity contribution in [3.8, 4) is 0 Å². The zero-order valence-corrected chi connectivity index (χ0v) is 11.9. The van der Waals surface area contributed by atoms with Crippen molar-refractivity contribution in [2.45, 2.75) is 32.0 Å². The van der Waals surface area contributed by atoms with Crippen LogP contribution in [0.2, 0.25) is 0 Å². The molecule has 2 unspecified atom stereocenters. The normalized spacial score (nSPS) is 21.2. The summed E-state index contributed by atoms with van der Waals surface area (Å²) in [5.74, 6) is -0.153. The number of piperidine rings is 1. The Labute approximate surface area is 121 Å². The second-order valence-electron chi connectivity index (χ2n) is 5.59. The summed E-state index contributed by atoms with van der Waals surface area (Å²) in [5, 5.41) is 0. The summed E-state index contributed by atoms with van der Waals surface area (Å²) < 4.78 is 38.1. The molecule has 0 radical (unpaired) electrons. The smallest absolute Gasteiger partial charge is 0.338 e. The monoisotopic (exact) mass is 300 g/mol. The van der Waals surface area contributed by atoms with Crippen molar-refractivity contribution in [3.05, 3.63) is 35.4 Å². The van der Waals surface area contributed by atoms with Crippen molar-refractivity contribution in [1.29, 1.82) is 0 Å². The molecule has 1 aliphatic rings. The maximum Gasteiger partial charge on any atom is 0.416 e. The molecule has 1 heterocycles. The summed E-state index contributed by atoms with van der Waals surface area (Å²) in [7, 11) is 0. The molecule has 2 atom stereocenters. The molecule has 1 fully saturated rings. The van der Waals surface area contributed by atoms with E-state index < -0.39 is 11.7 Å². The highest BCUT2D eigenvalue weighted by atomic mass is 19.4. The first-order valence-corrected chi connectivity index (χ1v) is 7.01. The average Bonchev–Trinajstić information content (AvgIpc) is 2.46. The predicted octanol–water partition coefficient (Wildman–Crippen LogP) is 2.90. The SMILES string of the molecule is CC(N)C1CCCN(C(=O)c2cccc(C(F)(F)F)c2)C1. The Morgan fingerprint density at radius 3 is 2.76 bits per heavy atom. The van der Waals surface area contributed by atoms with Crippen LogP contribution < -0.4 is 5.73 Å². The third-order valence-electron chi connectivity index (χ3n) is 3.93. The van der Waals surface area contributed by atoms with Crippen LogP contribution in [0.4, 0.5) is 13.2 Å². The molecule has 0 aliphatic carbocycles. The van der Waals surface area contributed by atoms with Crippen molar-refractivity contribution >= 4 is 5.91 Å². The molecule has 0 saturated carbocycles. The van der Waals surface area contributed by atoms with Crippen molar-refractivity contribution in [3.63, 3.8) is 0 Å². The summed E-state index contributed by atoms with van der Waals surface area (Å²) in [6.45, 7) is 2.97. The van der Waals surface area contributed by atoms with E-state index in [1.54, 1.807) is 4.90 Å². The zero-order valence-electron chi connectivity index (χ0n) is 11.9. The van der Waals surface area contributed by atoms with Gasteiger partial charge in [0.25, 0.3) is 5.91 Å². The van der Waals surface area contributed by atoms with E-state index >= 15 is 0 Å². The van der Waals surface area contributed by atoms with Crippen LogP contribution in [0, 0.1) is 5.92 Å². The average molecular weight is 300 g/mol. The van der Waals surface area contributed by atoms with Gasteiger partial charge in [0.2, 0.25) is 0 Å². The van der Waals surface area contributed by atoms with E-state index in [2.05, 4.69) is 0 Å². The van der Waals surface area contributed by atoms with Gasteiger partial charge in [-0.2, -0.15) is 13.2 Å². The van der Waals surface area contributed by atoms with Crippen LogP contribution in [0.1, 0.15) is 35.7 Å². The van der Waals surface area contributed by atoms with E-state index in [1.807, 2.05) is 6.92 Å². The minimum Gasteiger partial charge on any atom is -0.338 e. The van der Waals surface area contributed by atoms with Gasteiger partial charge in [0.05, 0.1) is 5.56 Å². The van der Waals surface area contributed by atoms with Crippen molar-refractivity contribution in [1.82, 2.24) is 4.90 Å². The van der Waals surface area contributed by atoms with Crippen LogP contribution in [0.25, 0.3) is 0 Å². The quantitative estimate of drug-likeness (QED) is 0.913. The number of carbonyl (C=O) groups is 1. The maximum absolute atomic E-state index is 12.7. The van der Waals surface area contributed by atoms with E-state index in [0.717, 1.165) is 25.0 Å². The fourth-order valence-electron chi connectivity index (χ4n) is 2.63. The number of rotatable bonds is 2. The number of hydrogen-bond acceptors (Lipinski definition) is 2. The number of alkyl halides is 3. The molecule has 1 amide bonds. The first-order chi connectivity index (χ1) is 9.79. The van der Waals surface area contributed by atoms with Gasteiger partial charge in [0.15, 0.2) is 0 Å². The Morgan fingerprint density at radius 1 is 1.43 bits per heavy atom. The summed E-state index contributed by atoms with van der Waals surface area (Å²) in [6.07, 6.45) is -2.66. The fraction of sp³-hybridized carbons (Fsp3) is 0.533. The molecular weight excluding hydrogens is 281 g/mol. The van der Waals surface area contributed by atoms with E-state index in [-0.39, 0.29) is 23.4 Å². The summed E-state index contributed by atoms with van der Waals surface area (Å²) in [5.41, 5.74) is 5.14. The predicted molar refractivity (Wildman–Crippen MR) is 73.7 cm³/mol. The lowest BCUT2D eigenvalue weighted by molar-refractivity contribution is -0.137. The van der Waals surface area contributed by atoms with Gasteiger partial charge >= 0.3 is 6.18 Å². The molecule has 116 valence electrons. The van der Waals surface area contributed by atoms with E-state index in [9.17, 15) is 18.0 Å². The van der Waals surface area contributed by atoms with Crippen LogP contribution >= 0.6 is 0 Å². The minimum absolute atomic E-state index is 0.0258. The first kappa shape index (κ1) is 15.8. The molecule has 0 aromatic heterocycles. The van der Waals surface area contributed by atoms with Gasteiger partial charge in [0, 0.05) is 24.7 Å². The Morgan fingerprint density at radius 2 is 2.14 bits per heavy atom. The van der Waals surface area contributed by atoms with Crippen LogP contribution in [0.3, 0.4) is 0 Å². The summed E-state index contributed by atoms with van der Waals surface area (Å²) in [4.78, 5) is 14.0. The highest BCUT2D eigenvalue weighted by Crippen LogP contribution is 2.30. The van der Waals surface area contributed by atoms with Crippen molar-refractivity contribution in [2.24, 2.45) is 11.7 Å². The largest absolute Gasteiger partial charge is 0.416 e. The number of amides is 1. The number of nitrogens with two attached hydrogens (primary N) is 1. The van der Waals surface area contributed by atoms with Gasteiger partial charge in [-0.05, 0) is 43.9 Å². The minimum atomic E-state index is -4.44. The van der Waals surface area contributed by atoms with E-state index in [0.29, 0.717) is 13.1 Å². The third kappa shape index (κ3) is 3.75. The topological polar surface area (TPSA) is 46.3 Å². The number of halogens is 3. The van der Waals surface area contributed by atoms with Crippen molar-refractivity contribution in [2.75, 3.05) is 13.1 Å². The molecule has 0 bridgehead atoms. The summed E-state index contributed by atoms with van der Waals surface area (Å²) >= 11 is 0. The van der Waals surface area contributed by atoms with Gasteiger partial charge < -0.3 is 10.6 Å². The number of hydrogen-bond donors (Lipinski definition) is 1. The van der Waals surface area contributed by atoms with Crippen molar-refractivity contribution < 1.29 is 18.0 Å². The standard InChI is InChI=1S/C15H19F3N2O/c1-10(19)12-5-3-7-20(9-12)14(21)11-4-2-6-13(8-11)15(16,17)18/h2,4,6,8,10,12H,3,5,7,9,19H2,1H3. The van der Waals surface area contributed by atoms with Crippen LogP contribution in [-0.4, -0.2) is 29.9 Å². The molecule has 21 heavy (non-hydrogen) atoms. The van der Waals surface area contributed by atoms with Crippen LogP contribution in [0.5, 0.6) is 0 Å². The van der Waals surface area contributed by atoms with Gasteiger partial charge in [-0.1, -0.05) is 6.07 Å². The molecule has 3 nitrogen and oxygen atoms in total. The lowest BCUT2D eigenvalue weighted by atomic mass is 9.92. The zero-order chi connectivity index (χ0) is 15.6. The second-order valence-corrected chi connectivity index (χ2v) is 5.59. The lowest BCUT2D eigenvalue weighted by Gasteiger charge is -2.34. The van der Waals surface area contributed by atoms with Crippen LogP contribution in [-0.2, 0) is 6.18 Å². The van der Waals surface area contributed by atoms with Gasteiger partial charge in [-0.3, -0.25) is 4.79 Å². The Balaban J connectivity index is 2.16. The van der Waals surface area contributed by atoms with Gasteiger partial charge in [-0.15, -0.1) is 0 Å². The lowest BCUT2D eigenvalue weighted by Crippen LogP contribution is -2.45. The molecule has 1 aromatic rings. The Hall–Kier alpha value is -1.56. The number of likely N-dealkylation sites (tertiary alicyclic amines) is 1. The molecule has 1 aromatic carbocycles. The first-order valence-electron chi connectivity index (χ1n) is 7.01. The van der Waals surface area contributed by atoms with E-state index in [4.69, 9.17) is 5.73 Å². The molecule has 0 spiro atoms. The fourth-order valence-corrected chi connectivity index (χ4v) is 2.63. The highest BCUT2D eigenvalue weighted by Gasteiger charge is 2.32. The highest BCUT2D eigenvalue weighted by molar-refractivity contribution is 5.94. The van der Waals surface area contributed by atoms with E-state index in [1.165, 1.54) is 12.1 Å².